The van der Waals surface area contributed by atoms with E-state index < -0.39 is 0 Å². The highest BCUT2D eigenvalue weighted by Gasteiger charge is 2.46. The molecule has 0 N–H and O–H groups in total. The van der Waals surface area contributed by atoms with Gasteiger partial charge in [-0.15, -0.1) is 0 Å². The van der Waals surface area contributed by atoms with Crippen LogP contribution in [0.1, 0.15) is 143 Å². The first kappa shape index (κ1) is 54.8. The topological polar surface area (TPSA) is 14.7 Å². The largest absolute Gasteiger partial charge is 0.342 e. The van der Waals surface area contributed by atoms with Crippen LogP contribution in [0, 0.1) is 13.8 Å². The van der Waals surface area contributed by atoms with Gasteiger partial charge in [0.05, 0.1) is 11.2 Å². The summed E-state index contributed by atoms with van der Waals surface area (Å²) in [6.45, 7) is 39.1. The quantitative estimate of drug-likeness (QED) is 0.154. The Morgan fingerprint density at radius 1 is 0.378 bits per heavy atom. The van der Waals surface area contributed by atoms with Crippen LogP contribution in [-0.4, -0.2) is 11.3 Å². The van der Waals surface area contributed by atoms with Crippen LogP contribution in [0.4, 0.5) is 51.2 Å². The Kier molecular flexibility index (Phi) is 12.8. The standard InChI is InChI=1S/C77H83BN4/c1-48-41-49(2)43-50(42-48)51-44-65-70-66(45-51)82(60-38-29-55(30-39-60)76(12,13)14)67-47-68(80(57-32-23-52(24-33-57)73(3,4)5)58-34-25-53(26-35-58)74(6,7)8)72-69(61-21-19-20-22-63(61)79(72)18)71(67)78(70)62-46-56(77(15,16)17)31-40-64(62)81(65)59-36-27-54(28-37-59)75(9,10)11/h19-47H,1-18H3. The molecule has 10 aromatic rings. The maximum absolute atomic E-state index is 2.65. The lowest BCUT2D eigenvalue weighted by Gasteiger charge is -2.45. The van der Waals surface area contributed by atoms with Crippen LogP contribution >= 0.6 is 0 Å². The molecule has 0 atom stereocenters. The molecule has 0 saturated carbocycles. The fourth-order valence-corrected chi connectivity index (χ4v) is 13.2. The molecule has 0 radical (unpaired) electrons. The van der Waals surface area contributed by atoms with Gasteiger partial charge in [-0.25, -0.2) is 0 Å². The number of aromatic nitrogens is 1. The molecule has 414 valence electrons. The zero-order valence-electron chi connectivity index (χ0n) is 52.1. The summed E-state index contributed by atoms with van der Waals surface area (Å²) in [4.78, 5) is 7.79. The van der Waals surface area contributed by atoms with Gasteiger partial charge in [-0.05, 0) is 175 Å². The van der Waals surface area contributed by atoms with E-state index in [1.807, 2.05) is 0 Å². The predicted octanol–water partition coefficient (Wildman–Crippen LogP) is 19.7. The van der Waals surface area contributed by atoms with E-state index in [-0.39, 0.29) is 33.8 Å². The zero-order chi connectivity index (χ0) is 58.3. The maximum atomic E-state index is 2.65. The molecule has 1 aromatic heterocycles. The molecule has 9 aromatic carbocycles. The number of fused-ring (bicyclic) bond motifs is 8. The van der Waals surface area contributed by atoms with Gasteiger partial charge in [-0.1, -0.05) is 212 Å². The van der Waals surface area contributed by atoms with Crippen molar-refractivity contribution in [1.82, 2.24) is 4.57 Å². The van der Waals surface area contributed by atoms with Crippen LogP contribution in [0.2, 0.25) is 0 Å². The average molecular weight is 1080 g/mol. The predicted molar refractivity (Wildman–Crippen MR) is 358 cm³/mol. The summed E-state index contributed by atoms with van der Waals surface area (Å²) < 4.78 is 2.49. The highest BCUT2D eigenvalue weighted by atomic mass is 15.2. The Morgan fingerprint density at radius 2 is 0.780 bits per heavy atom. The van der Waals surface area contributed by atoms with Crippen molar-refractivity contribution in [2.75, 3.05) is 14.7 Å². The van der Waals surface area contributed by atoms with Crippen LogP contribution in [0.3, 0.4) is 0 Å². The highest BCUT2D eigenvalue weighted by molar-refractivity contribution is 7.02. The summed E-state index contributed by atoms with van der Waals surface area (Å²) in [6, 6.07) is 68.9. The van der Waals surface area contributed by atoms with Crippen molar-refractivity contribution < 1.29 is 0 Å². The number of aryl methyl sites for hydroxylation is 3. The van der Waals surface area contributed by atoms with Crippen LogP contribution in [0.5, 0.6) is 0 Å². The molecular weight excluding hydrogens is 992 g/mol. The van der Waals surface area contributed by atoms with Gasteiger partial charge in [0.2, 0.25) is 0 Å². The molecule has 0 unspecified atom stereocenters. The molecule has 2 aliphatic rings. The fraction of sp³-hybridized carbons (Fsp3) is 0.299. The van der Waals surface area contributed by atoms with E-state index in [1.165, 1.54) is 111 Å². The number of hydrogen-bond acceptors (Lipinski definition) is 3. The van der Waals surface area contributed by atoms with Gasteiger partial charge in [-0.3, -0.25) is 0 Å². The Labute approximate surface area is 490 Å². The minimum Gasteiger partial charge on any atom is -0.342 e. The molecule has 0 aliphatic carbocycles. The molecule has 0 spiro atoms. The first-order chi connectivity index (χ1) is 38.6. The van der Waals surface area contributed by atoms with Crippen molar-refractivity contribution in [3.05, 3.63) is 215 Å². The number of benzene rings is 9. The number of hydrogen-bond donors (Lipinski definition) is 0. The van der Waals surface area contributed by atoms with Gasteiger partial charge in [0.15, 0.2) is 0 Å². The van der Waals surface area contributed by atoms with Crippen molar-refractivity contribution in [3.8, 4) is 11.1 Å². The van der Waals surface area contributed by atoms with E-state index in [0.29, 0.717) is 0 Å². The van der Waals surface area contributed by atoms with E-state index in [1.54, 1.807) is 0 Å². The number of para-hydroxylation sites is 1. The minimum absolute atomic E-state index is 0.00389. The lowest BCUT2D eigenvalue weighted by molar-refractivity contribution is 0.590. The van der Waals surface area contributed by atoms with Crippen LogP contribution in [-0.2, 0) is 34.1 Å². The van der Waals surface area contributed by atoms with Crippen molar-refractivity contribution in [3.63, 3.8) is 0 Å². The zero-order valence-corrected chi connectivity index (χ0v) is 52.1. The summed E-state index contributed by atoms with van der Waals surface area (Å²) >= 11 is 0. The van der Waals surface area contributed by atoms with E-state index in [0.717, 1.165) is 28.4 Å². The fourth-order valence-electron chi connectivity index (χ4n) is 13.2. The molecule has 12 rings (SSSR count). The normalized spacial score (nSPS) is 13.7. The minimum atomic E-state index is -0.145. The summed E-state index contributed by atoms with van der Waals surface area (Å²) in [5, 5.41) is 2.53. The maximum Gasteiger partial charge on any atom is 0.253 e. The second-order valence-corrected chi connectivity index (χ2v) is 29.1. The van der Waals surface area contributed by atoms with Crippen molar-refractivity contribution in [2.45, 2.75) is 145 Å². The molecule has 0 amide bonds. The lowest BCUT2D eigenvalue weighted by Crippen LogP contribution is -2.61. The van der Waals surface area contributed by atoms with Gasteiger partial charge in [0.25, 0.3) is 6.71 Å². The van der Waals surface area contributed by atoms with Gasteiger partial charge < -0.3 is 19.3 Å². The first-order valence-electron chi connectivity index (χ1n) is 29.8. The van der Waals surface area contributed by atoms with Gasteiger partial charge in [0.1, 0.15) is 0 Å². The average Bonchev–Trinajstić information content (AvgIpc) is 2.76. The molecular formula is C77H83BN4. The lowest BCUT2D eigenvalue weighted by atomic mass is 9.32. The summed E-state index contributed by atoms with van der Waals surface area (Å²) in [5.74, 6) is 0. The molecule has 82 heavy (non-hydrogen) atoms. The van der Waals surface area contributed by atoms with Crippen LogP contribution < -0.4 is 31.1 Å². The Morgan fingerprint density at radius 3 is 1.24 bits per heavy atom. The first-order valence-corrected chi connectivity index (χ1v) is 29.8. The van der Waals surface area contributed by atoms with Crippen molar-refractivity contribution in [2.24, 2.45) is 7.05 Å². The SMILES string of the molecule is Cc1cc(C)cc(-c2cc3c4c(c2)N(c2ccc(C(C)(C)C)cc2)c2cc(N(c5ccc(C(C)(C)C)cc5)c5ccc(C(C)(C)C)cc5)c5c(c2B4c2cc(C(C)(C)C)ccc2N3c2ccc(C(C)(C)C)cc2)c2ccccc2n5C)c1. The van der Waals surface area contributed by atoms with Crippen LogP contribution in [0.15, 0.2) is 176 Å². The number of anilines is 9. The van der Waals surface area contributed by atoms with E-state index in [2.05, 4.69) is 320 Å². The summed E-state index contributed by atoms with van der Waals surface area (Å²) in [5.41, 5.74) is 28.1. The van der Waals surface area contributed by atoms with Gasteiger partial charge >= 0.3 is 0 Å². The molecule has 3 heterocycles. The van der Waals surface area contributed by atoms with E-state index >= 15 is 0 Å². The van der Waals surface area contributed by atoms with Gasteiger partial charge in [-0.2, -0.15) is 0 Å². The Bertz CT molecular complexity index is 4050. The Hall–Kier alpha value is -7.76. The monoisotopic (exact) mass is 1070 g/mol. The number of rotatable bonds is 6. The number of nitrogens with zero attached hydrogens (tertiary/aromatic N) is 4. The second kappa shape index (κ2) is 19.2. The van der Waals surface area contributed by atoms with E-state index in [4.69, 9.17) is 0 Å². The summed E-state index contributed by atoms with van der Waals surface area (Å²) in [7, 11) is 2.29. The highest BCUT2D eigenvalue weighted by Crippen LogP contribution is 2.52. The molecule has 0 bridgehead atoms. The Balaban J connectivity index is 1.28. The van der Waals surface area contributed by atoms with Crippen molar-refractivity contribution in [1.29, 1.82) is 0 Å². The molecule has 0 saturated heterocycles. The smallest absolute Gasteiger partial charge is 0.253 e. The third-order valence-electron chi connectivity index (χ3n) is 17.8. The molecule has 4 nitrogen and oxygen atoms in total. The van der Waals surface area contributed by atoms with Gasteiger partial charge in [0, 0.05) is 68.8 Å². The molecule has 0 fully saturated rings. The van der Waals surface area contributed by atoms with E-state index in [9.17, 15) is 0 Å². The summed E-state index contributed by atoms with van der Waals surface area (Å²) in [6.07, 6.45) is 0. The third kappa shape index (κ3) is 9.33. The third-order valence-corrected chi connectivity index (χ3v) is 17.8. The molecule has 5 heteroatoms. The second-order valence-electron chi connectivity index (χ2n) is 29.1. The van der Waals surface area contributed by atoms with Crippen LogP contribution in [0.25, 0.3) is 32.9 Å². The van der Waals surface area contributed by atoms with Crippen molar-refractivity contribution >= 4 is 96.1 Å². The molecule has 2 aliphatic heterocycles.